The van der Waals surface area contributed by atoms with Crippen LogP contribution in [0.2, 0.25) is 0 Å². The average Bonchev–Trinajstić information content (AvgIpc) is 2.28. The van der Waals surface area contributed by atoms with E-state index in [0.29, 0.717) is 25.7 Å². The zero-order valence-corrected chi connectivity index (χ0v) is 10.7. The number of ether oxygens (including phenoxy) is 1. The molecule has 2 fully saturated rings. The molecule has 0 bridgehead atoms. The lowest BCUT2D eigenvalue weighted by Gasteiger charge is -2.43. The summed E-state index contributed by atoms with van der Waals surface area (Å²) in [5.41, 5.74) is 0. The number of amides is 1. The average molecular weight is 241 g/mol. The van der Waals surface area contributed by atoms with E-state index in [-0.39, 0.29) is 5.91 Å². The van der Waals surface area contributed by atoms with Crippen molar-refractivity contribution in [3.63, 3.8) is 0 Å². The largest absolute Gasteiger partial charge is 0.381 e. The minimum Gasteiger partial charge on any atom is -0.381 e. The maximum atomic E-state index is 11.8. The number of hydrogen-bond acceptors (Lipinski definition) is 4. The van der Waals surface area contributed by atoms with Crippen molar-refractivity contribution in [3.8, 4) is 0 Å². The third-order valence-electron chi connectivity index (χ3n) is 3.61. The highest BCUT2D eigenvalue weighted by molar-refractivity contribution is 5.76. The van der Waals surface area contributed by atoms with Crippen molar-refractivity contribution in [2.75, 3.05) is 52.5 Å². The monoisotopic (exact) mass is 241 g/mol. The third kappa shape index (κ3) is 3.40. The highest BCUT2D eigenvalue weighted by Gasteiger charge is 2.28. The van der Waals surface area contributed by atoms with Crippen LogP contribution in [0.4, 0.5) is 0 Å². The fourth-order valence-electron chi connectivity index (χ4n) is 2.33. The Morgan fingerprint density at radius 3 is 2.53 bits per heavy atom. The summed E-state index contributed by atoms with van der Waals surface area (Å²) in [4.78, 5) is 16.3. The molecule has 17 heavy (non-hydrogen) atoms. The molecule has 0 unspecified atom stereocenters. The van der Waals surface area contributed by atoms with Gasteiger partial charge in [0, 0.05) is 51.9 Å². The molecular formula is C12H23N3O2. The first-order chi connectivity index (χ1) is 8.31. The summed E-state index contributed by atoms with van der Waals surface area (Å²) in [5, 5.41) is 3.29. The quantitative estimate of drug-likeness (QED) is 0.661. The van der Waals surface area contributed by atoms with Crippen LogP contribution in [-0.2, 0) is 9.53 Å². The lowest BCUT2D eigenvalue weighted by atomic mass is 10.1. The van der Waals surface area contributed by atoms with Crippen LogP contribution < -0.4 is 5.32 Å². The molecule has 2 aliphatic rings. The van der Waals surface area contributed by atoms with E-state index in [1.54, 1.807) is 0 Å². The molecule has 1 N–H and O–H groups in total. The van der Waals surface area contributed by atoms with Gasteiger partial charge in [0.05, 0.1) is 13.0 Å². The van der Waals surface area contributed by atoms with Gasteiger partial charge in [-0.1, -0.05) is 0 Å². The van der Waals surface area contributed by atoms with Crippen LogP contribution in [0.3, 0.4) is 0 Å². The predicted molar refractivity (Wildman–Crippen MR) is 65.9 cm³/mol. The summed E-state index contributed by atoms with van der Waals surface area (Å²) in [6.45, 7) is 9.21. The molecule has 0 saturated carbocycles. The number of nitrogens with one attached hydrogen (secondary N) is 1. The molecule has 1 amide bonds. The fraction of sp³-hybridized carbons (Fsp3) is 0.917. The number of hydrogen-bond donors (Lipinski definition) is 1. The Hall–Kier alpha value is -0.650. The van der Waals surface area contributed by atoms with Gasteiger partial charge in [0.25, 0.3) is 0 Å². The molecule has 98 valence electrons. The number of nitrogens with zero attached hydrogens (tertiary/aromatic N) is 2. The van der Waals surface area contributed by atoms with Crippen molar-refractivity contribution in [1.82, 2.24) is 15.1 Å². The Morgan fingerprint density at radius 2 is 2.00 bits per heavy atom. The first-order valence-corrected chi connectivity index (χ1v) is 6.61. The van der Waals surface area contributed by atoms with Crippen LogP contribution in [0.25, 0.3) is 0 Å². The molecule has 0 atom stereocenters. The Labute approximate surface area is 103 Å². The number of carbonyl (C=O) groups excluding carboxylic acids is 1. The smallest absolute Gasteiger partial charge is 0.224 e. The second-order valence-corrected chi connectivity index (χ2v) is 4.68. The topological polar surface area (TPSA) is 44.8 Å². The zero-order chi connectivity index (χ0) is 12.1. The molecule has 5 nitrogen and oxygen atoms in total. The molecule has 2 aliphatic heterocycles. The molecule has 2 rings (SSSR count). The van der Waals surface area contributed by atoms with Crippen LogP contribution in [0.1, 0.15) is 13.3 Å². The van der Waals surface area contributed by atoms with Gasteiger partial charge in [0.1, 0.15) is 0 Å². The van der Waals surface area contributed by atoms with Gasteiger partial charge < -0.3 is 15.0 Å². The molecular weight excluding hydrogens is 218 g/mol. The van der Waals surface area contributed by atoms with E-state index in [2.05, 4.69) is 10.2 Å². The van der Waals surface area contributed by atoms with E-state index >= 15 is 0 Å². The molecule has 0 radical (unpaired) electrons. The van der Waals surface area contributed by atoms with Gasteiger partial charge in [-0.15, -0.1) is 0 Å². The second kappa shape index (κ2) is 6.33. The number of carbonyl (C=O) groups is 1. The van der Waals surface area contributed by atoms with Crippen molar-refractivity contribution in [2.45, 2.75) is 19.4 Å². The van der Waals surface area contributed by atoms with Gasteiger partial charge in [-0.25, -0.2) is 0 Å². The molecule has 5 heteroatoms. The summed E-state index contributed by atoms with van der Waals surface area (Å²) in [5.74, 6) is 0.241. The molecule has 0 spiro atoms. The number of rotatable bonds is 5. The van der Waals surface area contributed by atoms with Crippen LogP contribution >= 0.6 is 0 Å². The highest BCUT2D eigenvalue weighted by Crippen LogP contribution is 2.10. The third-order valence-corrected chi connectivity index (χ3v) is 3.61. The van der Waals surface area contributed by atoms with E-state index in [1.165, 1.54) is 0 Å². The van der Waals surface area contributed by atoms with Gasteiger partial charge in [-0.2, -0.15) is 0 Å². The van der Waals surface area contributed by atoms with E-state index < -0.39 is 0 Å². The van der Waals surface area contributed by atoms with Gasteiger partial charge in [0.15, 0.2) is 0 Å². The normalized spacial score (nSPS) is 22.5. The Bertz CT molecular complexity index is 248. The fourth-order valence-corrected chi connectivity index (χ4v) is 2.33. The first kappa shape index (κ1) is 12.8. The zero-order valence-electron chi connectivity index (χ0n) is 10.7. The lowest BCUT2D eigenvalue weighted by molar-refractivity contribution is -0.134. The van der Waals surface area contributed by atoms with E-state index in [9.17, 15) is 4.79 Å². The molecule has 0 aromatic heterocycles. The SMILES string of the molecule is CCOCCC(=O)N1CCN(C2CNC2)CC1. The summed E-state index contributed by atoms with van der Waals surface area (Å²) in [6, 6.07) is 0.704. The van der Waals surface area contributed by atoms with Crippen LogP contribution in [0, 0.1) is 0 Å². The molecule has 0 aromatic carbocycles. The van der Waals surface area contributed by atoms with Crippen molar-refractivity contribution >= 4 is 5.91 Å². The minimum atomic E-state index is 0.241. The van der Waals surface area contributed by atoms with E-state index in [0.717, 1.165) is 39.3 Å². The Balaban J connectivity index is 1.65. The summed E-state index contributed by atoms with van der Waals surface area (Å²) >= 11 is 0. The summed E-state index contributed by atoms with van der Waals surface area (Å²) in [6.07, 6.45) is 0.527. The first-order valence-electron chi connectivity index (χ1n) is 6.61. The van der Waals surface area contributed by atoms with Crippen LogP contribution in [0.15, 0.2) is 0 Å². The number of piperazine rings is 1. The molecule has 0 aliphatic carbocycles. The molecule has 0 aromatic rings. The Morgan fingerprint density at radius 1 is 1.29 bits per heavy atom. The van der Waals surface area contributed by atoms with Crippen LogP contribution in [-0.4, -0.2) is 74.2 Å². The second-order valence-electron chi connectivity index (χ2n) is 4.68. The lowest BCUT2D eigenvalue weighted by Crippen LogP contribution is -2.62. The standard InChI is InChI=1S/C12H23N3O2/c1-2-17-8-3-12(16)15-6-4-14(5-7-15)11-9-13-10-11/h11,13H,2-10H2,1H3. The van der Waals surface area contributed by atoms with Crippen LogP contribution in [0.5, 0.6) is 0 Å². The highest BCUT2D eigenvalue weighted by atomic mass is 16.5. The van der Waals surface area contributed by atoms with E-state index in [4.69, 9.17) is 4.74 Å². The Kier molecular flexibility index (Phi) is 4.76. The summed E-state index contributed by atoms with van der Waals surface area (Å²) < 4.78 is 5.21. The van der Waals surface area contributed by atoms with Crippen molar-refractivity contribution < 1.29 is 9.53 Å². The van der Waals surface area contributed by atoms with Gasteiger partial charge >= 0.3 is 0 Å². The minimum absolute atomic E-state index is 0.241. The maximum Gasteiger partial charge on any atom is 0.224 e. The maximum absolute atomic E-state index is 11.8. The summed E-state index contributed by atoms with van der Waals surface area (Å²) in [7, 11) is 0. The van der Waals surface area contributed by atoms with Crippen molar-refractivity contribution in [1.29, 1.82) is 0 Å². The van der Waals surface area contributed by atoms with Crippen molar-refractivity contribution in [2.24, 2.45) is 0 Å². The van der Waals surface area contributed by atoms with Crippen molar-refractivity contribution in [3.05, 3.63) is 0 Å². The molecule has 2 heterocycles. The predicted octanol–water partition coefficient (Wildman–Crippen LogP) is -0.471. The van der Waals surface area contributed by atoms with E-state index in [1.807, 2.05) is 11.8 Å². The molecule has 2 saturated heterocycles. The van der Waals surface area contributed by atoms with Gasteiger partial charge in [-0.05, 0) is 6.92 Å². The van der Waals surface area contributed by atoms with Gasteiger partial charge in [-0.3, -0.25) is 9.69 Å². The van der Waals surface area contributed by atoms with Gasteiger partial charge in [0.2, 0.25) is 5.91 Å².